The van der Waals surface area contributed by atoms with Gasteiger partial charge < -0.3 is 19.9 Å². The van der Waals surface area contributed by atoms with Crippen molar-refractivity contribution in [1.29, 1.82) is 0 Å². The largest absolute Gasteiger partial charge is 0.378 e. The van der Waals surface area contributed by atoms with E-state index in [0.717, 1.165) is 74.8 Å². The summed E-state index contributed by atoms with van der Waals surface area (Å²) in [6.45, 7) is 5.11. The number of hydrogen-bond acceptors (Lipinski definition) is 8. The Hall–Kier alpha value is -3.00. The van der Waals surface area contributed by atoms with Gasteiger partial charge in [-0.2, -0.15) is 0 Å². The van der Waals surface area contributed by atoms with Gasteiger partial charge in [-0.3, -0.25) is 4.98 Å². The van der Waals surface area contributed by atoms with Gasteiger partial charge in [-0.25, -0.2) is 15.0 Å². The van der Waals surface area contributed by atoms with Gasteiger partial charge in [0.15, 0.2) is 0 Å². The van der Waals surface area contributed by atoms with E-state index >= 15 is 0 Å². The van der Waals surface area contributed by atoms with Crippen LogP contribution in [0.1, 0.15) is 12.8 Å². The van der Waals surface area contributed by atoms with E-state index in [2.05, 4.69) is 42.2 Å². The highest BCUT2D eigenvalue weighted by atomic mass is 16.5. The minimum absolute atomic E-state index is 0.375. The second kappa shape index (κ2) is 8.16. The highest BCUT2D eigenvalue weighted by Gasteiger charge is 2.24. The normalized spacial score (nSPS) is 18.2. The molecule has 2 fully saturated rings. The van der Waals surface area contributed by atoms with Gasteiger partial charge in [0.05, 0.1) is 18.7 Å². The van der Waals surface area contributed by atoms with Crippen LogP contribution in [0.15, 0.2) is 42.9 Å². The molecule has 0 spiro atoms. The molecule has 0 radical (unpaired) electrons. The molecule has 0 unspecified atom stereocenters. The summed E-state index contributed by atoms with van der Waals surface area (Å²) in [6, 6.07) is 8.42. The first kappa shape index (κ1) is 18.1. The van der Waals surface area contributed by atoms with Crippen molar-refractivity contribution in [3.63, 3.8) is 0 Å². The standard InChI is InChI=1S/C21H25N7O/c1-3-17-18(22-6-1)15-19(27-11-13-29-14-12-27)26-20(17)28-9-4-16(5-10-28)25-21-23-7-2-8-24-21/h1-3,6-8,15-16H,4-5,9-14H2,(H,23,24,25). The van der Waals surface area contributed by atoms with E-state index < -0.39 is 0 Å². The SMILES string of the molecule is c1cnc(NC2CCN(c3nc(N4CCOCC4)cc4ncccc34)CC2)nc1. The Bertz CT molecular complexity index is 954. The highest BCUT2D eigenvalue weighted by Crippen LogP contribution is 2.30. The van der Waals surface area contributed by atoms with Crippen molar-refractivity contribution in [2.45, 2.75) is 18.9 Å². The zero-order chi connectivity index (χ0) is 19.5. The molecule has 1 N–H and O–H groups in total. The van der Waals surface area contributed by atoms with Gasteiger partial charge >= 0.3 is 0 Å². The molecule has 29 heavy (non-hydrogen) atoms. The van der Waals surface area contributed by atoms with Crippen LogP contribution in [0, 0.1) is 0 Å². The van der Waals surface area contributed by atoms with Crippen LogP contribution in [0.2, 0.25) is 0 Å². The van der Waals surface area contributed by atoms with E-state index in [1.165, 1.54) is 0 Å². The van der Waals surface area contributed by atoms with Gasteiger partial charge in [0, 0.05) is 62.3 Å². The number of ether oxygens (including phenoxy) is 1. The van der Waals surface area contributed by atoms with Gasteiger partial charge in [0.25, 0.3) is 0 Å². The number of rotatable bonds is 4. The summed E-state index contributed by atoms with van der Waals surface area (Å²) in [4.78, 5) is 22.9. The minimum atomic E-state index is 0.375. The molecule has 3 aromatic rings. The molecule has 2 aliphatic rings. The molecule has 0 aromatic carbocycles. The predicted octanol–water partition coefficient (Wildman–Crippen LogP) is 2.34. The Morgan fingerprint density at radius 1 is 0.897 bits per heavy atom. The van der Waals surface area contributed by atoms with E-state index in [1.807, 2.05) is 18.3 Å². The van der Waals surface area contributed by atoms with E-state index in [4.69, 9.17) is 9.72 Å². The molecule has 8 heteroatoms. The predicted molar refractivity (Wildman–Crippen MR) is 113 cm³/mol. The number of nitrogens with zero attached hydrogens (tertiary/aromatic N) is 6. The summed E-state index contributed by atoms with van der Waals surface area (Å²) in [5.74, 6) is 2.73. The molecule has 0 aliphatic carbocycles. The van der Waals surface area contributed by atoms with Crippen LogP contribution < -0.4 is 15.1 Å². The second-order valence-electron chi connectivity index (χ2n) is 7.45. The lowest BCUT2D eigenvalue weighted by atomic mass is 10.0. The van der Waals surface area contributed by atoms with Crippen LogP contribution in [0.3, 0.4) is 0 Å². The lowest BCUT2D eigenvalue weighted by molar-refractivity contribution is 0.122. The maximum Gasteiger partial charge on any atom is 0.222 e. The number of piperidine rings is 1. The van der Waals surface area contributed by atoms with E-state index in [0.29, 0.717) is 12.0 Å². The molecule has 5 heterocycles. The molecule has 2 aliphatic heterocycles. The molecule has 0 atom stereocenters. The number of anilines is 3. The quantitative estimate of drug-likeness (QED) is 0.726. The number of morpholine rings is 1. The lowest BCUT2D eigenvalue weighted by Gasteiger charge is -2.35. The average Bonchev–Trinajstić information content (AvgIpc) is 2.80. The van der Waals surface area contributed by atoms with Crippen molar-refractivity contribution >= 4 is 28.5 Å². The Kier molecular flexibility index (Phi) is 5.08. The average molecular weight is 391 g/mol. The van der Waals surface area contributed by atoms with Gasteiger partial charge in [-0.15, -0.1) is 0 Å². The zero-order valence-corrected chi connectivity index (χ0v) is 16.4. The molecule has 0 bridgehead atoms. The van der Waals surface area contributed by atoms with Gasteiger partial charge in [0.1, 0.15) is 11.6 Å². The summed E-state index contributed by atoms with van der Waals surface area (Å²) in [7, 11) is 0. The fourth-order valence-electron chi connectivity index (χ4n) is 4.03. The van der Waals surface area contributed by atoms with Crippen molar-refractivity contribution in [1.82, 2.24) is 19.9 Å². The number of aromatic nitrogens is 4. The van der Waals surface area contributed by atoms with Crippen LogP contribution in [0.4, 0.5) is 17.6 Å². The van der Waals surface area contributed by atoms with Crippen molar-refractivity contribution in [2.24, 2.45) is 0 Å². The monoisotopic (exact) mass is 391 g/mol. The molecular formula is C21H25N7O. The van der Waals surface area contributed by atoms with Crippen LogP contribution in [-0.2, 0) is 4.74 Å². The van der Waals surface area contributed by atoms with E-state index in [1.54, 1.807) is 12.4 Å². The van der Waals surface area contributed by atoms with Gasteiger partial charge in [-0.05, 0) is 31.0 Å². The van der Waals surface area contributed by atoms with E-state index in [-0.39, 0.29) is 0 Å². The first-order valence-corrected chi connectivity index (χ1v) is 10.2. The Balaban J connectivity index is 1.37. The van der Waals surface area contributed by atoms with Gasteiger partial charge in [-0.1, -0.05) is 0 Å². The molecule has 2 saturated heterocycles. The summed E-state index contributed by atoms with van der Waals surface area (Å²) in [5.41, 5.74) is 0.997. The summed E-state index contributed by atoms with van der Waals surface area (Å²) < 4.78 is 5.50. The molecular weight excluding hydrogens is 366 g/mol. The summed E-state index contributed by atoms with van der Waals surface area (Å²) in [6.07, 6.45) is 7.42. The van der Waals surface area contributed by atoms with E-state index in [9.17, 15) is 0 Å². The minimum Gasteiger partial charge on any atom is -0.378 e. The maximum atomic E-state index is 5.50. The Labute approximate surface area is 170 Å². The molecule has 5 rings (SSSR count). The smallest absolute Gasteiger partial charge is 0.222 e. The molecule has 0 amide bonds. The van der Waals surface area contributed by atoms with Crippen LogP contribution in [-0.4, -0.2) is 65.4 Å². The fourth-order valence-corrected chi connectivity index (χ4v) is 4.03. The molecule has 8 nitrogen and oxygen atoms in total. The third-order valence-corrected chi connectivity index (χ3v) is 5.59. The fraction of sp³-hybridized carbons (Fsp3) is 0.429. The van der Waals surface area contributed by atoms with Crippen LogP contribution in [0.25, 0.3) is 10.9 Å². The number of pyridine rings is 2. The highest BCUT2D eigenvalue weighted by molar-refractivity contribution is 5.91. The summed E-state index contributed by atoms with van der Waals surface area (Å²) >= 11 is 0. The van der Waals surface area contributed by atoms with Gasteiger partial charge in [0.2, 0.25) is 5.95 Å². The second-order valence-corrected chi connectivity index (χ2v) is 7.45. The maximum absolute atomic E-state index is 5.50. The molecule has 0 saturated carbocycles. The number of hydrogen-bond donors (Lipinski definition) is 1. The van der Waals surface area contributed by atoms with Crippen molar-refractivity contribution in [3.8, 4) is 0 Å². The third kappa shape index (κ3) is 3.93. The van der Waals surface area contributed by atoms with Crippen LogP contribution in [0.5, 0.6) is 0 Å². The van der Waals surface area contributed by atoms with Crippen molar-refractivity contribution in [3.05, 3.63) is 42.9 Å². The third-order valence-electron chi connectivity index (χ3n) is 5.59. The molecule has 150 valence electrons. The lowest BCUT2D eigenvalue weighted by Crippen LogP contribution is -2.40. The van der Waals surface area contributed by atoms with Crippen LogP contribution >= 0.6 is 0 Å². The Morgan fingerprint density at radius 2 is 1.66 bits per heavy atom. The Morgan fingerprint density at radius 3 is 2.45 bits per heavy atom. The number of fused-ring (bicyclic) bond motifs is 1. The number of nitrogens with one attached hydrogen (secondary N) is 1. The van der Waals surface area contributed by atoms with Crippen molar-refractivity contribution in [2.75, 3.05) is 54.5 Å². The first-order valence-electron chi connectivity index (χ1n) is 10.2. The summed E-state index contributed by atoms with van der Waals surface area (Å²) in [5, 5.41) is 4.56. The first-order chi connectivity index (χ1) is 14.4. The topological polar surface area (TPSA) is 79.3 Å². The van der Waals surface area contributed by atoms with Crippen molar-refractivity contribution < 1.29 is 4.74 Å². The molecule has 3 aromatic heterocycles. The zero-order valence-electron chi connectivity index (χ0n) is 16.4.